The van der Waals surface area contributed by atoms with Crippen molar-refractivity contribution in [3.05, 3.63) is 0 Å². The van der Waals surface area contributed by atoms with E-state index in [1.807, 2.05) is 11.8 Å². The van der Waals surface area contributed by atoms with Gasteiger partial charge in [-0.05, 0) is 31.1 Å². The zero-order valence-corrected chi connectivity index (χ0v) is 10.4. The lowest BCUT2D eigenvalue weighted by atomic mass is 9.77. The summed E-state index contributed by atoms with van der Waals surface area (Å²) in [5.74, 6) is 0.257. The number of carbonyl (C=O) groups excluding carboxylic acids is 1. The lowest BCUT2D eigenvalue weighted by molar-refractivity contribution is -0.137. The second-order valence-electron chi connectivity index (χ2n) is 5.67. The molecule has 1 spiro atoms. The van der Waals surface area contributed by atoms with E-state index in [0.29, 0.717) is 12.0 Å². The third-order valence-corrected chi connectivity index (χ3v) is 4.58. The predicted molar refractivity (Wildman–Crippen MR) is 64.9 cm³/mol. The van der Waals surface area contributed by atoms with Crippen LogP contribution in [0.1, 0.15) is 45.4 Å². The molecule has 1 saturated heterocycles. The minimum atomic E-state index is -0.00220. The van der Waals surface area contributed by atoms with Crippen LogP contribution in [0.3, 0.4) is 0 Å². The highest BCUT2D eigenvalue weighted by atomic mass is 16.2. The molecule has 2 fully saturated rings. The van der Waals surface area contributed by atoms with Gasteiger partial charge in [0, 0.05) is 25.6 Å². The van der Waals surface area contributed by atoms with Crippen LogP contribution in [0.5, 0.6) is 0 Å². The van der Waals surface area contributed by atoms with Crippen molar-refractivity contribution in [3.63, 3.8) is 0 Å². The highest BCUT2D eigenvalue weighted by molar-refractivity contribution is 5.78. The Kier molecular flexibility index (Phi) is 3.53. The van der Waals surface area contributed by atoms with Crippen molar-refractivity contribution in [2.45, 2.75) is 45.4 Å². The molecule has 0 radical (unpaired) electrons. The van der Waals surface area contributed by atoms with E-state index in [-0.39, 0.29) is 11.8 Å². The van der Waals surface area contributed by atoms with Crippen LogP contribution in [0.15, 0.2) is 0 Å². The van der Waals surface area contributed by atoms with Gasteiger partial charge in [-0.2, -0.15) is 0 Å². The van der Waals surface area contributed by atoms with Crippen LogP contribution >= 0.6 is 0 Å². The van der Waals surface area contributed by atoms with Gasteiger partial charge in [-0.1, -0.05) is 19.8 Å². The molecule has 3 nitrogen and oxygen atoms in total. The van der Waals surface area contributed by atoms with Crippen LogP contribution < -0.4 is 5.73 Å². The molecular formula is C13H24N2O. The molecule has 0 aromatic heterocycles. The molecule has 2 rings (SSSR count). The Morgan fingerprint density at radius 2 is 1.81 bits per heavy atom. The van der Waals surface area contributed by atoms with Gasteiger partial charge in [0.15, 0.2) is 0 Å². The first kappa shape index (κ1) is 11.9. The Hall–Kier alpha value is -0.570. The largest absolute Gasteiger partial charge is 0.342 e. The fourth-order valence-electron chi connectivity index (χ4n) is 3.24. The molecule has 1 unspecified atom stereocenters. The summed E-state index contributed by atoms with van der Waals surface area (Å²) in [5, 5.41) is 0. The summed E-state index contributed by atoms with van der Waals surface area (Å²) in [4.78, 5) is 14.0. The monoisotopic (exact) mass is 224 g/mol. The molecule has 3 heteroatoms. The molecule has 0 aromatic carbocycles. The average molecular weight is 224 g/mol. The standard InChI is InChI=1S/C13H24N2O/c1-11(10-14)12(16)15-8-6-13(7-9-15)4-2-3-5-13/h11H,2-10,14H2,1H3. The van der Waals surface area contributed by atoms with Crippen LogP contribution in [0, 0.1) is 11.3 Å². The Labute approximate surface area is 98.4 Å². The number of carbonyl (C=O) groups is 1. The minimum absolute atomic E-state index is 0.00220. The normalized spacial score (nSPS) is 26.0. The van der Waals surface area contributed by atoms with Gasteiger partial charge in [-0.25, -0.2) is 0 Å². The summed E-state index contributed by atoms with van der Waals surface area (Å²) < 4.78 is 0. The average Bonchev–Trinajstić information content (AvgIpc) is 2.77. The number of likely N-dealkylation sites (tertiary alicyclic amines) is 1. The fourth-order valence-corrected chi connectivity index (χ4v) is 3.24. The maximum atomic E-state index is 12.0. The number of piperidine rings is 1. The Bertz CT molecular complexity index is 249. The zero-order valence-electron chi connectivity index (χ0n) is 10.4. The molecule has 1 saturated carbocycles. The van der Waals surface area contributed by atoms with Crippen molar-refractivity contribution in [3.8, 4) is 0 Å². The lowest BCUT2D eigenvalue weighted by Crippen LogP contribution is -2.45. The SMILES string of the molecule is CC(CN)C(=O)N1CCC2(CCCC2)CC1. The van der Waals surface area contributed by atoms with Gasteiger partial charge in [-0.15, -0.1) is 0 Å². The van der Waals surface area contributed by atoms with Crippen LogP contribution in [-0.2, 0) is 4.79 Å². The summed E-state index contributed by atoms with van der Waals surface area (Å²) in [6, 6.07) is 0. The van der Waals surface area contributed by atoms with Crippen molar-refractivity contribution in [1.82, 2.24) is 4.90 Å². The quantitative estimate of drug-likeness (QED) is 0.777. The Balaban J connectivity index is 1.87. The molecule has 16 heavy (non-hydrogen) atoms. The molecular weight excluding hydrogens is 200 g/mol. The second kappa shape index (κ2) is 4.74. The van der Waals surface area contributed by atoms with Crippen LogP contribution in [0.2, 0.25) is 0 Å². The molecule has 1 heterocycles. The molecule has 1 atom stereocenters. The number of nitrogens with zero attached hydrogens (tertiary/aromatic N) is 1. The number of hydrogen-bond donors (Lipinski definition) is 1. The number of amides is 1. The highest BCUT2D eigenvalue weighted by Gasteiger charge is 2.38. The fraction of sp³-hybridized carbons (Fsp3) is 0.923. The first-order valence-electron chi connectivity index (χ1n) is 6.66. The number of rotatable bonds is 2. The van der Waals surface area contributed by atoms with E-state index in [2.05, 4.69) is 0 Å². The van der Waals surface area contributed by atoms with Crippen molar-refractivity contribution in [2.24, 2.45) is 17.1 Å². The topological polar surface area (TPSA) is 46.3 Å². The highest BCUT2D eigenvalue weighted by Crippen LogP contribution is 2.46. The van der Waals surface area contributed by atoms with E-state index in [0.717, 1.165) is 13.1 Å². The van der Waals surface area contributed by atoms with E-state index in [1.54, 1.807) is 0 Å². The van der Waals surface area contributed by atoms with E-state index >= 15 is 0 Å². The first-order chi connectivity index (χ1) is 7.67. The summed E-state index contributed by atoms with van der Waals surface area (Å²) >= 11 is 0. The smallest absolute Gasteiger partial charge is 0.226 e. The van der Waals surface area contributed by atoms with Gasteiger partial charge < -0.3 is 10.6 Å². The first-order valence-corrected chi connectivity index (χ1v) is 6.66. The van der Waals surface area contributed by atoms with Crippen molar-refractivity contribution in [1.29, 1.82) is 0 Å². The molecule has 92 valence electrons. The van der Waals surface area contributed by atoms with Gasteiger partial charge in [0.25, 0.3) is 0 Å². The molecule has 0 bridgehead atoms. The van der Waals surface area contributed by atoms with Gasteiger partial charge in [0.2, 0.25) is 5.91 Å². The van der Waals surface area contributed by atoms with Crippen LogP contribution in [0.25, 0.3) is 0 Å². The third kappa shape index (κ3) is 2.24. The zero-order chi connectivity index (χ0) is 11.6. The van der Waals surface area contributed by atoms with E-state index in [9.17, 15) is 4.79 Å². The van der Waals surface area contributed by atoms with Crippen molar-refractivity contribution < 1.29 is 4.79 Å². The molecule has 1 amide bonds. The molecule has 0 aromatic rings. The number of hydrogen-bond acceptors (Lipinski definition) is 2. The van der Waals surface area contributed by atoms with Crippen LogP contribution in [-0.4, -0.2) is 30.4 Å². The summed E-state index contributed by atoms with van der Waals surface area (Å²) in [6.07, 6.45) is 8.01. The van der Waals surface area contributed by atoms with E-state index in [4.69, 9.17) is 5.73 Å². The van der Waals surface area contributed by atoms with Gasteiger partial charge in [0.1, 0.15) is 0 Å². The molecule has 1 aliphatic carbocycles. The predicted octanol–water partition coefficient (Wildman–Crippen LogP) is 1.76. The van der Waals surface area contributed by atoms with Crippen LogP contribution in [0.4, 0.5) is 0 Å². The second-order valence-corrected chi connectivity index (χ2v) is 5.67. The van der Waals surface area contributed by atoms with Crippen molar-refractivity contribution in [2.75, 3.05) is 19.6 Å². The lowest BCUT2D eigenvalue weighted by Gasteiger charge is -2.40. The number of nitrogens with two attached hydrogens (primary N) is 1. The van der Waals surface area contributed by atoms with Gasteiger partial charge in [0.05, 0.1) is 0 Å². The third-order valence-electron chi connectivity index (χ3n) is 4.58. The van der Waals surface area contributed by atoms with Gasteiger partial charge in [-0.3, -0.25) is 4.79 Å². The van der Waals surface area contributed by atoms with Crippen molar-refractivity contribution >= 4 is 5.91 Å². The summed E-state index contributed by atoms with van der Waals surface area (Å²) in [7, 11) is 0. The molecule has 2 aliphatic rings. The Morgan fingerprint density at radius 1 is 1.25 bits per heavy atom. The molecule has 1 aliphatic heterocycles. The minimum Gasteiger partial charge on any atom is -0.342 e. The maximum absolute atomic E-state index is 12.0. The van der Waals surface area contributed by atoms with E-state index < -0.39 is 0 Å². The molecule has 2 N–H and O–H groups in total. The maximum Gasteiger partial charge on any atom is 0.226 e. The summed E-state index contributed by atoms with van der Waals surface area (Å²) in [6.45, 7) is 4.33. The Morgan fingerprint density at radius 3 is 2.31 bits per heavy atom. The van der Waals surface area contributed by atoms with E-state index in [1.165, 1.54) is 38.5 Å². The van der Waals surface area contributed by atoms with Gasteiger partial charge >= 0.3 is 0 Å². The summed E-state index contributed by atoms with van der Waals surface area (Å²) in [5.41, 5.74) is 6.15.